The monoisotopic (exact) mass is 329 g/mol. The van der Waals surface area contributed by atoms with Crippen LogP contribution >= 0.6 is 0 Å². The van der Waals surface area contributed by atoms with Crippen molar-refractivity contribution < 1.29 is 14.4 Å². The smallest absolute Gasteiger partial charge is 0.226 e. The Bertz CT molecular complexity index is 698. The number of amides is 1. The molecule has 1 aromatic carbocycles. The molecule has 128 valence electrons. The number of aliphatic hydroxyl groups excluding tert-OH is 1. The number of aromatic nitrogens is 2. The fourth-order valence-electron chi connectivity index (χ4n) is 3.11. The van der Waals surface area contributed by atoms with Crippen molar-refractivity contribution in [2.75, 3.05) is 0 Å². The van der Waals surface area contributed by atoms with Crippen molar-refractivity contribution in [1.82, 2.24) is 15.5 Å². The van der Waals surface area contributed by atoms with Crippen LogP contribution in [0.5, 0.6) is 0 Å². The van der Waals surface area contributed by atoms with Gasteiger partial charge in [0.15, 0.2) is 5.82 Å². The molecule has 0 unspecified atom stereocenters. The number of hydrogen-bond donors (Lipinski definition) is 2. The molecular weight excluding hydrogens is 306 g/mol. The summed E-state index contributed by atoms with van der Waals surface area (Å²) in [5, 5.41) is 17.0. The van der Waals surface area contributed by atoms with E-state index in [0.717, 1.165) is 29.8 Å². The molecule has 0 saturated heterocycles. The Kier molecular flexibility index (Phi) is 5.25. The number of fused-ring (bicyclic) bond motifs is 1. The van der Waals surface area contributed by atoms with Gasteiger partial charge >= 0.3 is 0 Å². The quantitative estimate of drug-likeness (QED) is 0.812. The van der Waals surface area contributed by atoms with Crippen molar-refractivity contribution in [3.05, 3.63) is 47.1 Å². The number of carbonyl (C=O) groups excluding carboxylic acids is 1. The zero-order chi connectivity index (χ0) is 16.9. The Labute approximate surface area is 141 Å². The lowest BCUT2D eigenvalue weighted by Crippen LogP contribution is -2.33. The summed E-state index contributed by atoms with van der Waals surface area (Å²) in [6.45, 7) is 2.07. The molecule has 0 saturated carbocycles. The topological polar surface area (TPSA) is 88.2 Å². The lowest BCUT2D eigenvalue weighted by Gasteiger charge is -2.17. The summed E-state index contributed by atoms with van der Waals surface area (Å²) in [7, 11) is 0. The van der Waals surface area contributed by atoms with Gasteiger partial charge in [-0.05, 0) is 24.0 Å². The Hall–Kier alpha value is -2.21. The number of benzene rings is 1. The van der Waals surface area contributed by atoms with Gasteiger partial charge in [0.05, 0.1) is 12.1 Å². The van der Waals surface area contributed by atoms with E-state index >= 15 is 0 Å². The molecule has 0 bridgehead atoms. The molecule has 1 aliphatic rings. The van der Waals surface area contributed by atoms with E-state index in [4.69, 9.17) is 4.52 Å². The molecule has 2 aromatic rings. The van der Waals surface area contributed by atoms with Gasteiger partial charge in [-0.15, -0.1) is 0 Å². The average molecular weight is 329 g/mol. The van der Waals surface area contributed by atoms with Crippen molar-refractivity contribution in [3.63, 3.8) is 0 Å². The molecular formula is C18H23N3O3. The van der Waals surface area contributed by atoms with Crippen LogP contribution in [0.1, 0.15) is 55.1 Å². The molecule has 3 rings (SSSR count). The van der Waals surface area contributed by atoms with Gasteiger partial charge in [0.25, 0.3) is 0 Å². The normalized spacial score (nSPS) is 19.2. The first kappa shape index (κ1) is 16.6. The maximum absolute atomic E-state index is 12.2. The number of nitrogens with one attached hydrogen (secondary N) is 1. The number of hydrogen-bond acceptors (Lipinski definition) is 5. The number of nitrogens with zero attached hydrogens (tertiary/aromatic N) is 2. The van der Waals surface area contributed by atoms with E-state index in [2.05, 4.69) is 22.4 Å². The van der Waals surface area contributed by atoms with Crippen LogP contribution < -0.4 is 5.32 Å². The van der Waals surface area contributed by atoms with Crippen molar-refractivity contribution in [2.45, 2.75) is 57.6 Å². The summed E-state index contributed by atoms with van der Waals surface area (Å²) in [5.74, 6) is 1.24. The Morgan fingerprint density at radius 1 is 1.38 bits per heavy atom. The van der Waals surface area contributed by atoms with E-state index in [1.165, 1.54) is 0 Å². The third kappa shape index (κ3) is 3.82. The van der Waals surface area contributed by atoms with Crippen LogP contribution in [0.3, 0.4) is 0 Å². The summed E-state index contributed by atoms with van der Waals surface area (Å²) >= 11 is 0. The first-order valence-electron chi connectivity index (χ1n) is 8.54. The van der Waals surface area contributed by atoms with Gasteiger partial charge < -0.3 is 14.9 Å². The van der Waals surface area contributed by atoms with Gasteiger partial charge in [-0.2, -0.15) is 4.98 Å². The van der Waals surface area contributed by atoms with E-state index < -0.39 is 6.10 Å². The SMILES string of the molecule is CCCc1noc(CCCC(=O)N[C@H]2c3ccccc3C[C@H]2O)n1. The summed E-state index contributed by atoms with van der Waals surface area (Å²) in [5.41, 5.74) is 2.11. The average Bonchev–Trinajstić information content (AvgIpc) is 3.13. The summed E-state index contributed by atoms with van der Waals surface area (Å²) in [4.78, 5) is 16.5. The van der Waals surface area contributed by atoms with Crippen LogP contribution in [0.15, 0.2) is 28.8 Å². The van der Waals surface area contributed by atoms with Crippen LogP contribution in [0.2, 0.25) is 0 Å². The lowest BCUT2D eigenvalue weighted by molar-refractivity contribution is -0.122. The Morgan fingerprint density at radius 3 is 3.04 bits per heavy atom. The molecule has 1 heterocycles. The van der Waals surface area contributed by atoms with Crippen LogP contribution in [-0.4, -0.2) is 27.3 Å². The highest BCUT2D eigenvalue weighted by molar-refractivity contribution is 5.76. The Balaban J connectivity index is 1.47. The predicted molar refractivity (Wildman–Crippen MR) is 88.3 cm³/mol. The van der Waals surface area contributed by atoms with Crippen LogP contribution in [0.4, 0.5) is 0 Å². The molecule has 1 amide bonds. The molecule has 0 radical (unpaired) electrons. The largest absolute Gasteiger partial charge is 0.390 e. The van der Waals surface area contributed by atoms with Gasteiger partial charge in [0.2, 0.25) is 11.8 Å². The number of aliphatic hydroxyl groups is 1. The zero-order valence-corrected chi connectivity index (χ0v) is 13.9. The van der Waals surface area contributed by atoms with Gasteiger partial charge in [0.1, 0.15) is 0 Å². The minimum Gasteiger partial charge on any atom is -0.390 e. The maximum atomic E-state index is 12.2. The molecule has 2 N–H and O–H groups in total. The molecule has 1 aromatic heterocycles. The second-order valence-electron chi connectivity index (χ2n) is 6.22. The molecule has 0 aliphatic heterocycles. The number of carbonyl (C=O) groups is 1. The van der Waals surface area contributed by atoms with Crippen molar-refractivity contribution >= 4 is 5.91 Å². The summed E-state index contributed by atoms with van der Waals surface area (Å²) < 4.78 is 5.16. The highest BCUT2D eigenvalue weighted by Crippen LogP contribution is 2.31. The highest BCUT2D eigenvalue weighted by atomic mass is 16.5. The van der Waals surface area contributed by atoms with E-state index in [0.29, 0.717) is 31.6 Å². The molecule has 6 heteroatoms. The van der Waals surface area contributed by atoms with Crippen molar-refractivity contribution in [2.24, 2.45) is 0 Å². The molecule has 1 aliphatic carbocycles. The molecule has 6 nitrogen and oxygen atoms in total. The minimum absolute atomic E-state index is 0.0657. The number of aryl methyl sites for hydroxylation is 2. The molecule has 0 fully saturated rings. The second kappa shape index (κ2) is 7.57. The van der Waals surface area contributed by atoms with Gasteiger partial charge in [-0.1, -0.05) is 36.3 Å². The predicted octanol–water partition coefficient (Wildman–Crippen LogP) is 2.12. The maximum Gasteiger partial charge on any atom is 0.226 e. The molecule has 2 atom stereocenters. The number of rotatable bonds is 7. The second-order valence-corrected chi connectivity index (χ2v) is 6.22. The Morgan fingerprint density at radius 2 is 2.21 bits per heavy atom. The zero-order valence-electron chi connectivity index (χ0n) is 13.9. The van der Waals surface area contributed by atoms with E-state index in [1.807, 2.05) is 24.3 Å². The van der Waals surface area contributed by atoms with E-state index in [9.17, 15) is 9.90 Å². The van der Waals surface area contributed by atoms with Crippen LogP contribution in [0, 0.1) is 0 Å². The first-order chi connectivity index (χ1) is 11.7. The van der Waals surface area contributed by atoms with Gasteiger partial charge in [-0.3, -0.25) is 4.79 Å². The van der Waals surface area contributed by atoms with Gasteiger partial charge in [0, 0.05) is 25.7 Å². The fraction of sp³-hybridized carbons (Fsp3) is 0.500. The lowest BCUT2D eigenvalue weighted by atomic mass is 10.1. The standard InChI is InChI=1S/C18H23N3O3/c1-2-6-15-19-17(24-21-15)10-5-9-16(23)20-18-13-8-4-3-7-12(13)11-14(18)22/h3-4,7-8,14,18,22H,2,5-6,9-11H2,1H3,(H,20,23)/t14-,18+/m1/s1. The molecule has 24 heavy (non-hydrogen) atoms. The van der Waals surface area contributed by atoms with Crippen molar-refractivity contribution in [3.8, 4) is 0 Å². The van der Waals surface area contributed by atoms with E-state index in [1.54, 1.807) is 0 Å². The summed E-state index contributed by atoms with van der Waals surface area (Å²) in [6.07, 6.45) is 3.42. The fourth-order valence-corrected chi connectivity index (χ4v) is 3.11. The third-order valence-electron chi connectivity index (χ3n) is 4.30. The summed E-state index contributed by atoms with van der Waals surface area (Å²) in [6, 6.07) is 7.53. The highest BCUT2D eigenvalue weighted by Gasteiger charge is 2.31. The van der Waals surface area contributed by atoms with Crippen LogP contribution in [-0.2, 0) is 24.1 Å². The first-order valence-corrected chi connectivity index (χ1v) is 8.54. The van der Waals surface area contributed by atoms with Crippen molar-refractivity contribution in [1.29, 1.82) is 0 Å². The third-order valence-corrected chi connectivity index (χ3v) is 4.30. The molecule has 0 spiro atoms. The van der Waals surface area contributed by atoms with Crippen LogP contribution in [0.25, 0.3) is 0 Å². The van der Waals surface area contributed by atoms with E-state index in [-0.39, 0.29) is 11.9 Å². The van der Waals surface area contributed by atoms with Gasteiger partial charge in [-0.25, -0.2) is 0 Å². The minimum atomic E-state index is -0.557.